The molecule has 0 aliphatic carbocycles. The lowest BCUT2D eigenvalue weighted by Gasteiger charge is -2.36. The summed E-state index contributed by atoms with van der Waals surface area (Å²) in [4.78, 5) is 20.3. The molecule has 3 aromatic heterocycles. The fourth-order valence-electron chi connectivity index (χ4n) is 4.75. The van der Waals surface area contributed by atoms with Gasteiger partial charge in [0.1, 0.15) is 17.3 Å². The topological polar surface area (TPSA) is 73.6 Å². The zero-order chi connectivity index (χ0) is 24.2. The predicted octanol–water partition coefficient (Wildman–Crippen LogP) is 4.14. The molecule has 35 heavy (non-hydrogen) atoms. The Morgan fingerprint density at radius 1 is 0.914 bits per heavy atom. The summed E-state index contributed by atoms with van der Waals surface area (Å²) >= 11 is 0. The third kappa shape index (κ3) is 6.04. The Morgan fingerprint density at radius 3 is 2.40 bits per heavy atom. The van der Waals surface area contributed by atoms with Crippen LogP contribution in [0.5, 0.6) is 0 Å². The molecule has 2 aliphatic heterocycles. The van der Waals surface area contributed by atoms with Crippen molar-refractivity contribution in [3.63, 3.8) is 0 Å². The molecule has 5 heterocycles. The van der Waals surface area contributed by atoms with Gasteiger partial charge in [-0.05, 0) is 63.5 Å². The average molecular weight is 480 g/mol. The third-order valence-electron chi connectivity index (χ3n) is 6.83. The molecule has 0 unspecified atom stereocenters. The Balaban J connectivity index is 1.20. The number of halogens is 1. The molecule has 5 rings (SSSR count). The molecule has 0 amide bonds. The van der Waals surface area contributed by atoms with Crippen LogP contribution >= 0.6 is 0 Å². The minimum atomic E-state index is -0.515. The highest BCUT2D eigenvalue weighted by Crippen LogP contribution is 2.26. The van der Waals surface area contributed by atoms with E-state index in [0.717, 1.165) is 63.7 Å². The monoisotopic (exact) mass is 479 g/mol. The standard InChI is InChI=1S/C26H34FN7O/c1-19(2)34-13-11-33(12-14-34)17-20-5-8-24(28-15-20)30-26-29-16-22(27)25(31-26)23-7-6-21(35-23)18-32-9-3-4-10-32/h5-8,15-16,19H,3-4,9-14,17-18H2,1-2H3,(H,28,29,30,31). The second-order valence-electron chi connectivity index (χ2n) is 9.72. The van der Waals surface area contributed by atoms with E-state index in [-0.39, 0.29) is 11.6 Å². The number of likely N-dealkylation sites (tertiary alicyclic amines) is 1. The molecular formula is C26H34FN7O. The maximum atomic E-state index is 14.5. The van der Waals surface area contributed by atoms with Gasteiger partial charge in [-0.2, -0.15) is 0 Å². The van der Waals surface area contributed by atoms with E-state index in [1.807, 2.05) is 18.3 Å². The number of piperazine rings is 1. The van der Waals surface area contributed by atoms with Gasteiger partial charge in [0.2, 0.25) is 5.95 Å². The third-order valence-corrected chi connectivity index (χ3v) is 6.83. The maximum absolute atomic E-state index is 14.5. The maximum Gasteiger partial charge on any atom is 0.229 e. The number of nitrogens with one attached hydrogen (secondary N) is 1. The number of nitrogens with zero attached hydrogens (tertiary/aromatic N) is 6. The van der Waals surface area contributed by atoms with Crippen LogP contribution in [0.4, 0.5) is 16.2 Å². The Labute approximate surface area is 206 Å². The van der Waals surface area contributed by atoms with Gasteiger partial charge in [-0.1, -0.05) is 6.07 Å². The molecule has 0 radical (unpaired) electrons. The molecule has 3 aromatic rings. The van der Waals surface area contributed by atoms with Crippen LogP contribution in [0.15, 0.2) is 41.1 Å². The predicted molar refractivity (Wildman–Crippen MR) is 134 cm³/mol. The van der Waals surface area contributed by atoms with Crippen molar-refractivity contribution < 1.29 is 8.81 Å². The van der Waals surface area contributed by atoms with Gasteiger partial charge in [0.05, 0.1) is 12.7 Å². The van der Waals surface area contributed by atoms with E-state index in [2.05, 4.69) is 54.9 Å². The van der Waals surface area contributed by atoms with Crippen LogP contribution in [0.1, 0.15) is 38.0 Å². The van der Waals surface area contributed by atoms with E-state index in [1.165, 1.54) is 19.0 Å². The molecule has 8 nitrogen and oxygen atoms in total. The first kappa shape index (κ1) is 23.8. The molecule has 2 saturated heterocycles. The zero-order valence-corrected chi connectivity index (χ0v) is 20.6. The van der Waals surface area contributed by atoms with Gasteiger partial charge in [-0.3, -0.25) is 14.7 Å². The summed E-state index contributed by atoms with van der Waals surface area (Å²) in [5.41, 5.74) is 1.31. The normalized spacial score (nSPS) is 17.9. The van der Waals surface area contributed by atoms with Gasteiger partial charge >= 0.3 is 0 Å². The van der Waals surface area contributed by atoms with Gasteiger partial charge in [0.15, 0.2) is 11.6 Å². The molecule has 0 atom stereocenters. The molecule has 2 fully saturated rings. The van der Waals surface area contributed by atoms with E-state index in [1.54, 1.807) is 6.07 Å². The summed E-state index contributed by atoms with van der Waals surface area (Å²) in [5.74, 6) is 1.60. The number of furan rings is 1. The fraction of sp³-hybridized carbons (Fsp3) is 0.500. The second-order valence-corrected chi connectivity index (χ2v) is 9.72. The lowest BCUT2D eigenvalue weighted by Crippen LogP contribution is -2.48. The number of pyridine rings is 1. The number of hydrogen-bond donors (Lipinski definition) is 1. The van der Waals surface area contributed by atoms with E-state index < -0.39 is 5.82 Å². The first-order valence-corrected chi connectivity index (χ1v) is 12.6. The van der Waals surface area contributed by atoms with Crippen molar-refractivity contribution in [3.05, 3.63) is 53.8 Å². The lowest BCUT2D eigenvalue weighted by atomic mass is 10.2. The lowest BCUT2D eigenvalue weighted by molar-refractivity contribution is 0.104. The van der Waals surface area contributed by atoms with Crippen LogP contribution in [-0.4, -0.2) is 75.0 Å². The molecule has 0 aromatic carbocycles. The van der Waals surface area contributed by atoms with Crippen LogP contribution in [0.3, 0.4) is 0 Å². The van der Waals surface area contributed by atoms with Gasteiger partial charge < -0.3 is 9.73 Å². The van der Waals surface area contributed by atoms with Crippen LogP contribution in [-0.2, 0) is 13.1 Å². The summed E-state index contributed by atoms with van der Waals surface area (Å²) in [6.07, 6.45) is 5.47. The highest BCUT2D eigenvalue weighted by Gasteiger charge is 2.19. The summed E-state index contributed by atoms with van der Waals surface area (Å²) in [5, 5.41) is 3.09. The van der Waals surface area contributed by atoms with Crippen molar-refractivity contribution in [3.8, 4) is 11.5 Å². The highest BCUT2D eigenvalue weighted by molar-refractivity contribution is 5.57. The number of hydrogen-bond acceptors (Lipinski definition) is 8. The molecular weight excluding hydrogens is 445 g/mol. The second kappa shape index (κ2) is 10.8. The Kier molecular flexibility index (Phi) is 7.36. The molecule has 186 valence electrons. The van der Waals surface area contributed by atoms with Gasteiger partial charge in [0.25, 0.3) is 0 Å². The van der Waals surface area contributed by atoms with Crippen LogP contribution in [0.2, 0.25) is 0 Å². The van der Waals surface area contributed by atoms with E-state index >= 15 is 0 Å². The van der Waals surface area contributed by atoms with Gasteiger partial charge in [0, 0.05) is 45.0 Å². The van der Waals surface area contributed by atoms with Crippen LogP contribution < -0.4 is 5.32 Å². The number of anilines is 2. The number of rotatable bonds is 8. The Hall–Kier alpha value is -2.88. The smallest absolute Gasteiger partial charge is 0.229 e. The zero-order valence-electron chi connectivity index (χ0n) is 20.6. The van der Waals surface area contributed by atoms with Crippen molar-refractivity contribution >= 4 is 11.8 Å². The SMILES string of the molecule is CC(C)N1CCN(Cc2ccc(Nc3ncc(F)c(-c4ccc(CN5CCCC5)o4)n3)nc2)CC1. The summed E-state index contributed by atoms with van der Waals surface area (Å²) in [6, 6.07) is 8.24. The summed E-state index contributed by atoms with van der Waals surface area (Å²) in [6.45, 7) is 12.6. The quantitative estimate of drug-likeness (QED) is 0.517. The van der Waals surface area contributed by atoms with Crippen molar-refractivity contribution in [2.45, 2.75) is 45.8 Å². The molecule has 0 saturated carbocycles. The molecule has 9 heteroatoms. The van der Waals surface area contributed by atoms with Gasteiger partial charge in [-0.15, -0.1) is 0 Å². The minimum absolute atomic E-state index is 0.146. The van der Waals surface area contributed by atoms with Crippen molar-refractivity contribution in [1.82, 2.24) is 29.7 Å². The average Bonchev–Trinajstić information content (AvgIpc) is 3.55. The molecule has 0 spiro atoms. The molecule has 0 bridgehead atoms. The number of aromatic nitrogens is 3. The first-order valence-electron chi connectivity index (χ1n) is 12.6. The van der Waals surface area contributed by atoms with Crippen molar-refractivity contribution in [1.29, 1.82) is 0 Å². The van der Waals surface area contributed by atoms with Crippen molar-refractivity contribution in [2.75, 3.05) is 44.6 Å². The first-order chi connectivity index (χ1) is 17.0. The summed E-state index contributed by atoms with van der Waals surface area (Å²) < 4.78 is 20.4. The summed E-state index contributed by atoms with van der Waals surface area (Å²) in [7, 11) is 0. The highest BCUT2D eigenvalue weighted by atomic mass is 19.1. The van der Waals surface area contributed by atoms with Gasteiger partial charge in [-0.25, -0.2) is 19.3 Å². The van der Waals surface area contributed by atoms with E-state index in [0.29, 0.717) is 17.6 Å². The van der Waals surface area contributed by atoms with E-state index in [4.69, 9.17) is 4.42 Å². The van der Waals surface area contributed by atoms with E-state index in [9.17, 15) is 4.39 Å². The minimum Gasteiger partial charge on any atom is -0.458 e. The largest absolute Gasteiger partial charge is 0.458 e. The Morgan fingerprint density at radius 2 is 1.69 bits per heavy atom. The van der Waals surface area contributed by atoms with Crippen LogP contribution in [0.25, 0.3) is 11.5 Å². The molecule has 2 aliphatic rings. The van der Waals surface area contributed by atoms with Crippen LogP contribution in [0, 0.1) is 5.82 Å². The molecule has 1 N–H and O–H groups in total. The fourth-order valence-corrected chi connectivity index (χ4v) is 4.75. The van der Waals surface area contributed by atoms with Crippen molar-refractivity contribution in [2.24, 2.45) is 0 Å². The Bertz CT molecular complexity index is 1100.